The van der Waals surface area contributed by atoms with Gasteiger partial charge in [0.2, 0.25) is 0 Å². The minimum absolute atomic E-state index is 0.0821. The van der Waals surface area contributed by atoms with Gasteiger partial charge in [0.1, 0.15) is 23.3 Å². The number of rotatable bonds is 3. The summed E-state index contributed by atoms with van der Waals surface area (Å²) in [5.41, 5.74) is -0.487. The van der Waals surface area contributed by atoms with E-state index in [9.17, 15) is 13.2 Å². The van der Waals surface area contributed by atoms with Crippen molar-refractivity contribution in [1.82, 2.24) is 4.90 Å². The van der Waals surface area contributed by atoms with Crippen molar-refractivity contribution in [2.45, 2.75) is 39.8 Å². The molecule has 2 nitrogen and oxygen atoms in total. The van der Waals surface area contributed by atoms with Gasteiger partial charge < -0.3 is 4.90 Å². The van der Waals surface area contributed by atoms with Gasteiger partial charge in [0.15, 0.2) is 0 Å². The van der Waals surface area contributed by atoms with Crippen molar-refractivity contribution in [3.05, 3.63) is 35.1 Å². The zero-order valence-corrected chi connectivity index (χ0v) is 10.9. The molecular weight excluding hydrogens is 241 g/mol. The van der Waals surface area contributed by atoms with Crippen LogP contribution in [0, 0.1) is 22.9 Å². The third-order valence-electron chi connectivity index (χ3n) is 2.61. The van der Waals surface area contributed by atoms with Crippen LogP contribution in [-0.2, 0) is 0 Å². The Kier molecular flexibility index (Phi) is 4.38. The Labute approximate surface area is 105 Å². The molecular formula is C13H17F3N2. The summed E-state index contributed by atoms with van der Waals surface area (Å²) < 4.78 is 40.0. The lowest BCUT2D eigenvalue weighted by Gasteiger charge is -2.33. The average molecular weight is 258 g/mol. The topological polar surface area (TPSA) is 27.1 Å². The fourth-order valence-corrected chi connectivity index (χ4v) is 2.01. The second-order valence-corrected chi connectivity index (χ2v) is 4.69. The van der Waals surface area contributed by atoms with Gasteiger partial charge in [-0.2, -0.15) is 0 Å². The molecule has 0 fully saturated rings. The van der Waals surface area contributed by atoms with Crippen molar-refractivity contribution < 1.29 is 13.2 Å². The fraction of sp³-hybridized carbons (Fsp3) is 0.462. The highest BCUT2D eigenvalue weighted by molar-refractivity contribution is 5.97. The minimum atomic E-state index is -1.05. The molecule has 18 heavy (non-hydrogen) atoms. The molecule has 0 amide bonds. The van der Waals surface area contributed by atoms with Crippen molar-refractivity contribution in [3.8, 4) is 0 Å². The maximum Gasteiger partial charge on any atom is 0.140 e. The molecule has 1 N–H and O–H groups in total. The Morgan fingerprint density at radius 3 is 1.72 bits per heavy atom. The van der Waals surface area contributed by atoms with Crippen LogP contribution in [0.5, 0.6) is 0 Å². The fourth-order valence-electron chi connectivity index (χ4n) is 2.01. The molecule has 0 radical (unpaired) electrons. The quantitative estimate of drug-likeness (QED) is 0.651. The van der Waals surface area contributed by atoms with Crippen molar-refractivity contribution in [1.29, 1.82) is 5.41 Å². The number of hydrogen-bond acceptors (Lipinski definition) is 1. The highest BCUT2D eigenvalue weighted by Gasteiger charge is 2.24. The molecule has 0 atom stereocenters. The van der Waals surface area contributed by atoms with Crippen molar-refractivity contribution >= 4 is 5.84 Å². The van der Waals surface area contributed by atoms with Gasteiger partial charge in [-0.3, -0.25) is 5.41 Å². The van der Waals surface area contributed by atoms with E-state index in [1.807, 2.05) is 27.7 Å². The largest absolute Gasteiger partial charge is 0.352 e. The Morgan fingerprint density at radius 2 is 1.39 bits per heavy atom. The monoisotopic (exact) mass is 258 g/mol. The van der Waals surface area contributed by atoms with Gasteiger partial charge in [0.05, 0.1) is 5.56 Å². The predicted octanol–water partition coefficient (Wildman–Crippen LogP) is 3.55. The Bertz CT molecular complexity index is 425. The van der Waals surface area contributed by atoms with E-state index in [0.717, 1.165) is 0 Å². The molecule has 0 saturated carbocycles. The summed E-state index contributed by atoms with van der Waals surface area (Å²) >= 11 is 0. The van der Waals surface area contributed by atoms with E-state index in [-0.39, 0.29) is 17.9 Å². The second kappa shape index (κ2) is 5.42. The molecule has 0 aliphatic carbocycles. The van der Waals surface area contributed by atoms with Gasteiger partial charge in [-0.05, 0) is 27.7 Å². The summed E-state index contributed by atoms with van der Waals surface area (Å²) in [5.74, 6) is -3.36. The third kappa shape index (κ3) is 2.83. The lowest BCUT2D eigenvalue weighted by atomic mass is 10.1. The van der Waals surface area contributed by atoms with Gasteiger partial charge in [-0.25, -0.2) is 13.2 Å². The standard InChI is InChI=1S/C13H17F3N2/c1-7(2)18(8(3)4)13(17)12-10(15)5-9(14)6-11(12)16/h5-8,17H,1-4H3. The van der Waals surface area contributed by atoms with E-state index in [0.29, 0.717) is 12.1 Å². The van der Waals surface area contributed by atoms with Gasteiger partial charge in [-0.1, -0.05) is 0 Å². The van der Waals surface area contributed by atoms with Crippen LogP contribution in [0.3, 0.4) is 0 Å². The van der Waals surface area contributed by atoms with E-state index < -0.39 is 23.0 Å². The zero-order valence-electron chi connectivity index (χ0n) is 10.9. The van der Waals surface area contributed by atoms with E-state index in [4.69, 9.17) is 5.41 Å². The number of amidine groups is 1. The van der Waals surface area contributed by atoms with Crippen molar-refractivity contribution in [3.63, 3.8) is 0 Å². The first-order chi connectivity index (χ1) is 8.25. The first-order valence-corrected chi connectivity index (χ1v) is 5.77. The number of hydrogen-bond donors (Lipinski definition) is 1. The van der Waals surface area contributed by atoms with Crippen LogP contribution < -0.4 is 0 Å². The van der Waals surface area contributed by atoms with Gasteiger partial charge in [-0.15, -0.1) is 0 Å². The lowest BCUT2D eigenvalue weighted by molar-refractivity contribution is 0.289. The molecule has 100 valence electrons. The molecule has 0 saturated heterocycles. The molecule has 0 aromatic heterocycles. The number of halogens is 3. The Hall–Kier alpha value is -1.52. The molecule has 0 aliphatic heterocycles. The summed E-state index contributed by atoms with van der Waals surface area (Å²) in [7, 11) is 0. The van der Waals surface area contributed by atoms with Crippen LogP contribution in [-0.4, -0.2) is 22.8 Å². The first kappa shape index (κ1) is 14.5. The van der Waals surface area contributed by atoms with E-state index >= 15 is 0 Å². The van der Waals surface area contributed by atoms with Crippen LogP contribution in [0.15, 0.2) is 12.1 Å². The van der Waals surface area contributed by atoms with Gasteiger partial charge in [0, 0.05) is 24.2 Å². The highest BCUT2D eigenvalue weighted by Crippen LogP contribution is 2.19. The van der Waals surface area contributed by atoms with Crippen LogP contribution in [0.25, 0.3) is 0 Å². The second-order valence-electron chi connectivity index (χ2n) is 4.69. The summed E-state index contributed by atoms with van der Waals surface area (Å²) in [4.78, 5) is 1.57. The molecule has 0 heterocycles. The number of nitrogens with zero attached hydrogens (tertiary/aromatic N) is 1. The minimum Gasteiger partial charge on any atom is -0.352 e. The SMILES string of the molecule is CC(C)N(C(=N)c1c(F)cc(F)cc1F)C(C)C. The summed E-state index contributed by atoms with van der Waals surface area (Å²) in [6.07, 6.45) is 0. The summed E-state index contributed by atoms with van der Waals surface area (Å²) in [6.45, 7) is 7.31. The van der Waals surface area contributed by atoms with Gasteiger partial charge in [0.25, 0.3) is 0 Å². The molecule has 5 heteroatoms. The summed E-state index contributed by atoms with van der Waals surface area (Å²) in [6, 6.07) is 1.01. The predicted molar refractivity (Wildman–Crippen MR) is 65.3 cm³/mol. The smallest absolute Gasteiger partial charge is 0.140 e. The Morgan fingerprint density at radius 1 is 1.00 bits per heavy atom. The molecule has 1 rings (SSSR count). The third-order valence-corrected chi connectivity index (χ3v) is 2.61. The molecule has 0 bridgehead atoms. The van der Waals surface area contributed by atoms with Gasteiger partial charge >= 0.3 is 0 Å². The van der Waals surface area contributed by atoms with Crippen LogP contribution in [0.2, 0.25) is 0 Å². The molecule has 0 spiro atoms. The lowest BCUT2D eigenvalue weighted by Crippen LogP contribution is -2.42. The van der Waals surface area contributed by atoms with E-state index in [1.165, 1.54) is 0 Å². The summed E-state index contributed by atoms with van der Waals surface area (Å²) in [5, 5.41) is 7.92. The molecule has 0 unspecified atom stereocenters. The Balaban J connectivity index is 3.25. The number of nitrogens with one attached hydrogen (secondary N) is 1. The highest BCUT2D eigenvalue weighted by atomic mass is 19.1. The maximum atomic E-state index is 13.6. The zero-order chi connectivity index (χ0) is 14.0. The van der Waals surface area contributed by atoms with Crippen LogP contribution in [0.4, 0.5) is 13.2 Å². The van der Waals surface area contributed by atoms with Crippen molar-refractivity contribution in [2.75, 3.05) is 0 Å². The molecule has 1 aromatic carbocycles. The van der Waals surface area contributed by atoms with E-state index in [1.54, 1.807) is 4.90 Å². The maximum absolute atomic E-state index is 13.6. The number of benzene rings is 1. The normalized spacial score (nSPS) is 11.2. The molecule has 1 aromatic rings. The van der Waals surface area contributed by atoms with Crippen molar-refractivity contribution in [2.24, 2.45) is 0 Å². The van der Waals surface area contributed by atoms with E-state index in [2.05, 4.69) is 0 Å². The average Bonchev–Trinajstić information content (AvgIpc) is 2.13. The van der Waals surface area contributed by atoms with Crippen LogP contribution >= 0.6 is 0 Å². The van der Waals surface area contributed by atoms with Crippen LogP contribution in [0.1, 0.15) is 33.3 Å². The first-order valence-electron chi connectivity index (χ1n) is 5.77. The molecule has 0 aliphatic rings.